The zero-order valence-electron chi connectivity index (χ0n) is 16.4. The van der Waals surface area contributed by atoms with Crippen molar-refractivity contribution in [3.05, 3.63) is 58.6 Å². The summed E-state index contributed by atoms with van der Waals surface area (Å²) >= 11 is 7.97. The first kappa shape index (κ1) is 21.1. The highest BCUT2D eigenvalue weighted by Crippen LogP contribution is 2.41. The average Bonchev–Trinajstić information content (AvgIpc) is 2.84. The summed E-state index contributed by atoms with van der Waals surface area (Å²) in [5, 5.41) is 3.74. The van der Waals surface area contributed by atoms with Crippen molar-refractivity contribution in [2.24, 2.45) is 0 Å². The standard InChI is InChI=1S/C23H28ClNO2S/c1-2-3-4-5-6-9-14-27-23(26)25-20-15-17-10-7-8-11-21(17)28-22-13-12-18(24)16-19(20)22/h7-8,10-13,16,20H,2-6,9,14-15H2,1H3,(H,25,26). The van der Waals surface area contributed by atoms with Crippen LogP contribution in [0.4, 0.5) is 4.79 Å². The second-order valence-electron chi connectivity index (χ2n) is 7.20. The van der Waals surface area contributed by atoms with Crippen LogP contribution in [-0.4, -0.2) is 12.7 Å². The lowest BCUT2D eigenvalue weighted by Gasteiger charge is -2.19. The van der Waals surface area contributed by atoms with Gasteiger partial charge in [0.2, 0.25) is 0 Å². The van der Waals surface area contributed by atoms with Crippen molar-refractivity contribution in [2.45, 2.75) is 67.7 Å². The minimum Gasteiger partial charge on any atom is -0.450 e. The van der Waals surface area contributed by atoms with Gasteiger partial charge >= 0.3 is 6.09 Å². The first-order valence-electron chi connectivity index (χ1n) is 10.2. The Hall–Kier alpha value is -1.65. The highest BCUT2D eigenvalue weighted by molar-refractivity contribution is 7.99. The molecule has 0 saturated heterocycles. The quantitative estimate of drug-likeness (QED) is 0.462. The lowest BCUT2D eigenvalue weighted by Crippen LogP contribution is -2.30. The molecule has 1 heterocycles. The number of carbonyl (C=O) groups is 1. The number of rotatable bonds is 8. The molecule has 0 aromatic heterocycles. The first-order chi connectivity index (χ1) is 13.7. The van der Waals surface area contributed by atoms with Crippen LogP contribution in [0.15, 0.2) is 52.3 Å². The van der Waals surface area contributed by atoms with Gasteiger partial charge in [-0.05, 0) is 48.2 Å². The molecule has 2 aromatic carbocycles. The second-order valence-corrected chi connectivity index (χ2v) is 8.72. The summed E-state index contributed by atoms with van der Waals surface area (Å²) < 4.78 is 5.44. The van der Waals surface area contributed by atoms with Crippen molar-refractivity contribution in [1.82, 2.24) is 5.32 Å². The van der Waals surface area contributed by atoms with Gasteiger partial charge in [-0.15, -0.1) is 0 Å². The summed E-state index contributed by atoms with van der Waals surface area (Å²) in [5.41, 5.74) is 2.27. The third-order valence-corrected chi connectivity index (χ3v) is 6.43. The molecule has 0 spiro atoms. The number of nitrogens with one attached hydrogen (secondary N) is 1. The number of benzene rings is 2. The first-order valence-corrected chi connectivity index (χ1v) is 11.4. The van der Waals surface area contributed by atoms with Gasteiger partial charge in [-0.25, -0.2) is 4.79 Å². The Morgan fingerprint density at radius 1 is 1.11 bits per heavy atom. The molecular formula is C23H28ClNO2S. The van der Waals surface area contributed by atoms with E-state index in [4.69, 9.17) is 16.3 Å². The lowest BCUT2D eigenvalue weighted by molar-refractivity contribution is 0.139. The normalized spacial score (nSPS) is 15.3. The summed E-state index contributed by atoms with van der Waals surface area (Å²) in [6.45, 7) is 2.68. The Kier molecular flexibility index (Phi) is 8.11. The Labute approximate surface area is 177 Å². The molecule has 2 aromatic rings. The molecule has 1 aliphatic heterocycles. The van der Waals surface area contributed by atoms with E-state index in [-0.39, 0.29) is 12.1 Å². The molecule has 1 unspecified atom stereocenters. The summed E-state index contributed by atoms with van der Waals surface area (Å²) in [5.74, 6) is 0. The SMILES string of the molecule is CCCCCCCCOC(=O)NC1Cc2ccccc2Sc2ccc(Cl)cc21. The van der Waals surface area contributed by atoms with E-state index in [0.29, 0.717) is 11.6 Å². The third kappa shape index (κ3) is 5.92. The van der Waals surface area contributed by atoms with Gasteiger partial charge in [-0.1, -0.05) is 80.6 Å². The fourth-order valence-corrected chi connectivity index (χ4v) is 4.77. The number of unbranched alkanes of at least 4 members (excludes halogenated alkanes) is 5. The van der Waals surface area contributed by atoms with Gasteiger partial charge in [0, 0.05) is 14.8 Å². The number of alkyl carbamates (subject to hydrolysis) is 1. The molecule has 1 amide bonds. The highest BCUT2D eigenvalue weighted by Gasteiger charge is 2.24. The molecule has 150 valence electrons. The van der Waals surface area contributed by atoms with Crippen LogP contribution in [0, 0.1) is 0 Å². The molecule has 28 heavy (non-hydrogen) atoms. The van der Waals surface area contributed by atoms with Crippen molar-refractivity contribution in [1.29, 1.82) is 0 Å². The Morgan fingerprint density at radius 3 is 2.75 bits per heavy atom. The minimum atomic E-state index is -0.353. The molecule has 3 nitrogen and oxygen atoms in total. The van der Waals surface area contributed by atoms with Crippen LogP contribution in [0.1, 0.15) is 62.6 Å². The smallest absolute Gasteiger partial charge is 0.407 e. The predicted molar refractivity (Wildman–Crippen MR) is 116 cm³/mol. The number of fused-ring (bicyclic) bond motifs is 2. The number of ether oxygens (including phenoxy) is 1. The van der Waals surface area contributed by atoms with E-state index in [1.54, 1.807) is 11.8 Å². The second kappa shape index (κ2) is 10.8. The van der Waals surface area contributed by atoms with Crippen LogP contribution in [0.3, 0.4) is 0 Å². The van der Waals surface area contributed by atoms with E-state index >= 15 is 0 Å². The van der Waals surface area contributed by atoms with Crippen molar-refractivity contribution >= 4 is 29.5 Å². The molecule has 0 saturated carbocycles. The maximum absolute atomic E-state index is 12.4. The zero-order valence-corrected chi connectivity index (χ0v) is 18.0. The van der Waals surface area contributed by atoms with E-state index in [1.165, 1.54) is 36.1 Å². The van der Waals surface area contributed by atoms with Crippen molar-refractivity contribution < 1.29 is 9.53 Å². The fraction of sp³-hybridized carbons (Fsp3) is 0.435. The molecule has 0 radical (unpaired) electrons. The molecule has 0 aliphatic carbocycles. The van der Waals surface area contributed by atoms with Crippen LogP contribution < -0.4 is 5.32 Å². The van der Waals surface area contributed by atoms with Crippen LogP contribution in [0.5, 0.6) is 0 Å². The molecule has 5 heteroatoms. The molecule has 0 bridgehead atoms. The number of amides is 1. The Morgan fingerprint density at radius 2 is 1.89 bits per heavy atom. The average molecular weight is 418 g/mol. The van der Waals surface area contributed by atoms with Gasteiger partial charge in [-0.3, -0.25) is 0 Å². The number of halogens is 1. The number of hydrogen-bond acceptors (Lipinski definition) is 3. The van der Waals surface area contributed by atoms with Gasteiger partial charge < -0.3 is 10.1 Å². The van der Waals surface area contributed by atoms with E-state index in [1.807, 2.05) is 30.3 Å². The molecule has 1 N–H and O–H groups in total. The lowest BCUT2D eigenvalue weighted by atomic mass is 9.99. The van der Waals surface area contributed by atoms with Gasteiger partial charge in [-0.2, -0.15) is 0 Å². The topological polar surface area (TPSA) is 38.3 Å². The number of carbonyl (C=O) groups excluding carboxylic acids is 1. The number of hydrogen-bond donors (Lipinski definition) is 1. The van der Waals surface area contributed by atoms with Gasteiger partial charge in [0.1, 0.15) is 0 Å². The van der Waals surface area contributed by atoms with Crippen LogP contribution in [-0.2, 0) is 11.2 Å². The van der Waals surface area contributed by atoms with Crippen LogP contribution >= 0.6 is 23.4 Å². The highest BCUT2D eigenvalue weighted by atomic mass is 35.5. The largest absolute Gasteiger partial charge is 0.450 e. The molecule has 3 rings (SSSR count). The summed E-state index contributed by atoms with van der Waals surface area (Å²) in [4.78, 5) is 14.7. The monoisotopic (exact) mass is 417 g/mol. The van der Waals surface area contributed by atoms with Crippen LogP contribution in [0.25, 0.3) is 0 Å². The third-order valence-electron chi connectivity index (χ3n) is 4.99. The van der Waals surface area contributed by atoms with Gasteiger partial charge in [0.15, 0.2) is 0 Å². The minimum absolute atomic E-state index is 0.151. The summed E-state index contributed by atoms with van der Waals surface area (Å²) in [6, 6.07) is 14.1. The predicted octanol–water partition coefficient (Wildman–Crippen LogP) is 7.18. The van der Waals surface area contributed by atoms with Crippen molar-refractivity contribution in [2.75, 3.05) is 6.61 Å². The van der Waals surface area contributed by atoms with E-state index in [9.17, 15) is 4.79 Å². The molecule has 0 fully saturated rings. The Balaban J connectivity index is 1.61. The van der Waals surface area contributed by atoms with Crippen molar-refractivity contribution in [3.8, 4) is 0 Å². The van der Waals surface area contributed by atoms with E-state index in [2.05, 4.69) is 24.4 Å². The molecule has 1 aliphatic rings. The van der Waals surface area contributed by atoms with Gasteiger partial charge in [0.25, 0.3) is 0 Å². The van der Waals surface area contributed by atoms with Gasteiger partial charge in [0.05, 0.1) is 12.6 Å². The zero-order chi connectivity index (χ0) is 19.8. The van der Waals surface area contributed by atoms with E-state index in [0.717, 1.165) is 29.7 Å². The molecular weight excluding hydrogens is 390 g/mol. The maximum atomic E-state index is 12.4. The molecule has 1 atom stereocenters. The summed E-state index contributed by atoms with van der Waals surface area (Å²) in [6.07, 6.45) is 7.40. The van der Waals surface area contributed by atoms with Crippen molar-refractivity contribution in [3.63, 3.8) is 0 Å². The van der Waals surface area contributed by atoms with E-state index < -0.39 is 0 Å². The Bertz CT molecular complexity index is 796. The summed E-state index contributed by atoms with van der Waals surface area (Å²) in [7, 11) is 0. The van der Waals surface area contributed by atoms with Crippen LogP contribution in [0.2, 0.25) is 5.02 Å². The maximum Gasteiger partial charge on any atom is 0.407 e. The fourth-order valence-electron chi connectivity index (χ4n) is 3.46.